The number of nitrogens with one attached hydrogen (secondary N) is 2. The smallest absolute Gasteiger partial charge is 0.153 e. The van der Waals surface area contributed by atoms with Crippen molar-refractivity contribution >= 4 is 40.9 Å². The number of hydrogen-bond acceptors (Lipinski definition) is 7. The first kappa shape index (κ1) is 22.8. The van der Waals surface area contributed by atoms with Gasteiger partial charge in [0.1, 0.15) is 34.9 Å². The number of aryl methyl sites for hydroxylation is 1. The van der Waals surface area contributed by atoms with Crippen molar-refractivity contribution in [2.24, 2.45) is 0 Å². The van der Waals surface area contributed by atoms with Crippen LogP contribution >= 0.6 is 23.5 Å². The molecule has 0 aliphatic rings. The van der Waals surface area contributed by atoms with Crippen molar-refractivity contribution in [2.75, 3.05) is 10.0 Å². The summed E-state index contributed by atoms with van der Waals surface area (Å²) in [5, 5.41) is 3.14. The van der Waals surface area contributed by atoms with Gasteiger partial charge < -0.3 is 10.0 Å². The maximum atomic E-state index is 14.7. The number of pyridine rings is 2. The van der Waals surface area contributed by atoms with Crippen molar-refractivity contribution in [3.05, 3.63) is 82.9 Å². The predicted molar refractivity (Wildman–Crippen MR) is 123 cm³/mol. The van der Waals surface area contributed by atoms with Crippen molar-refractivity contribution in [3.63, 3.8) is 0 Å². The molecule has 6 nitrogen and oxygen atoms in total. The maximum Gasteiger partial charge on any atom is 0.153 e. The molecule has 4 aromatic rings. The van der Waals surface area contributed by atoms with E-state index in [2.05, 4.69) is 30.0 Å². The molecule has 0 saturated carbocycles. The summed E-state index contributed by atoms with van der Waals surface area (Å²) in [5.74, 6) is -0.499. The van der Waals surface area contributed by atoms with Gasteiger partial charge in [-0.1, -0.05) is 11.6 Å². The van der Waals surface area contributed by atoms with Crippen LogP contribution in [0.3, 0.4) is 0 Å². The Hall–Kier alpha value is -3.37. The molecule has 168 valence electrons. The van der Waals surface area contributed by atoms with Gasteiger partial charge in [-0.25, -0.2) is 33.1 Å². The minimum absolute atomic E-state index is 0.121. The van der Waals surface area contributed by atoms with Gasteiger partial charge in [-0.15, -0.1) is 0 Å². The van der Waals surface area contributed by atoms with Crippen LogP contribution in [0.4, 0.5) is 30.5 Å². The highest BCUT2D eigenvalue weighted by Crippen LogP contribution is 2.37. The number of aromatic nitrogens is 4. The van der Waals surface area contributed by atoms with E-state index in [9.17, 15) is 13.2 Å². The Kier molecular flexibility index (Phi) is 6.66. The highest BCUT2D eigenvalue weighted by atomic mass is 35.5. The van der Waals surface area contributed by atoms with E-state index in [-0.39, 0.29) is 15.6 Å². The van der Waals surface area contributed by atoms with E-state index in [0.717, 1.165) is 30.3 Å². The third-order valence-corrected chi connectivity index (χ3v) is 5.77. The highest BCUT2D eigenvalue weighted by Gasteiger charge is 2.17. The lowest BCUT2D eigenvalue weighted by Gasteiger charge is -2.15. The number of benzene rings is 1. The topological polar surface area (TPSA) is 75.6 Å². The van der Waals surface area contributed by atoms with Gasteiger partial charge in [0.25, 0.3) is 0 Å². The molecule has 0 atom stereocenters. The summed E-state index contributed by atoms with van der Waals surface area (Å²) in [6.45, 7) is 3.48. The van der Waals surface area contributed by atoms with Crippen LogP contribution in [0.15, 0.2) is 53.8 Å². The van der Waals surface area contributed by atoms with Gasteiger partial charge in [0.2, 0.25) is 0 Å². The molecule has 0 radical (unpaired) electrons. The third-order valence-electron chi connectivity index (χ3n) is 4.63. The Morgan fingerprint density at radius 1 is 0.879 bits per heavy atom. The first-order valence-electron chi connectivity index (χ1n) is 9.57. The fourth-order valence-corrected chi connectivity index (χ4v) is 4.04. The minimum Gasteiger partial charge on any atom is -0.325 e. The SMILES string of the molecule is Cc1nccc(Nc2cc(-c3cnc(Cl)c(NSc4ccc(F)cc4F)c3C)c(F)cn2)n1. The van der Waals surface area contributed by atoms with Crippen LogP contribution in [-0.4, -0.2) is 19.9 Å². The Balaban J connectivity index is 1.65. The van der Waals surface area contributed by atoms with Crippen molar-refractivity contribution in [1.29, 1.82) is 0 Å². The second-order valence-electron chi connectivity index (χ2n) is 6.91. The average molecular weight is 489 g/mol. The van der Waals surface area contributed by atoms with Crippen LogP contribution in [-0.2, 0) is 0 Å². The number of nitrogens with zero attached hydrogens (tertiary/aromatic N) is 4. The Morgan fingerprint density at radius 2 is 1.70 bits per heavy atom. The Morgan fingerprint density at radius 3 is 2.45 bits per heavy atom. The molecule has 33 heavy (non-hydrogen) atoms. The molecule has 0 spiro atoms. The standard InChI is InChI=1S/C22H16ClF3N6S/c1-11-15(9-29-22(23)21(11)32-33-18-4-3-13(24)7-16(18)25)14-8-20(28-10-17(14)26)31-19-5-6-27-12(2)30-19/h3-10,32H,1-2H3,(H,27,28,30,31). The van der Waals surface area contributed by atoms with Gasteiger partial charge in [0, 0.05) is 29.6 Å². The third kappa shape index (κ3) is 5.18. The molecule has 0 aliphatic heterocycles. The summed E-state index contributed by atoms with van der Waals surface area (Å²) in [4.78, 5) is 16.7. The molecule has 0 fully saturated rings. The second kappa shape index (κ2) is 9.63. The van der Waals surface area contributed by atoms with Gasteiger partial charge in [-0.3, -0.25) is 0 Å². The van der Waals surface area contributed by atoms with Crippen LogP contribution in [0.25, 0.3) is 11.1 Å². The van der Waals surface area contributed by atoms with Crippen LogP contribution in [0.5, 0.6) is 0 Å². The summed E-state index contributed by atoms with van der Waals surface area (Å²) in [6.07, 6.45) is 4.14. The predicted octanol–water partition coefficient (Wildman–Crippen LogP) is 6.48. The van der Waals surface area contributed by atoms with E-state index >= 15 is 0 Å². The molecule has 0 amide bonds. The van der Waals surface area contributed by atoms with E-state index < -0.39 is 17.5 Å². The van der Waals surface area contributed by atoms with Gasteiger partial charge in [-0.05, 0) is 55.6 Å². The summed E-state index contributed by atoms with van der Waals surface area (Å²) in [7, 11) is 0. The lowest BCUT2D eigenvalue weighted by molar-refractivity contribution is 0.566. The number of anilines is 3. The van der Waals surface area contributed by atoms with Crippen molar-refractivity contribution in [1.82, 2.24) is 19.9 Å². The van der Waals surface area contributed by atoms with Crippen LogP contribution < -0.4 is 10.0 Å². The molecular weight excluding hydrogens is 473 g/mol. The highest BCUT2D eigenvalue weighted by molar-refractivity contribution is 8.00. The molecule has 0 aliphatic carbocycles. The molecular formula is C22H16ClF3N6S. The molecule has 1 aromatic carbocycles. The van der Waals surface area contributed by atoms with Gasteiger partial charge >= 0.3 is 0 Å². The van der Waals surface area contributed by atoms with E-state index in [4.69, 9.17) is 11.6 Å². The second-order valence-corrected chi connectivity index (χ2v) is 8.11. The maximum absolute atomic E-state index is 14.7. The lowest BCUT2D eigenvalue weighted by atomic mass is 10.0. The van der Waals surface area contributed by atoms with Crippen molar-refractivity contribution in [2.45, 2.75) is 18.7 Å². The van der Waals surface area contributed by atoms with Crippen LogP contribution in [0, 0.1) is 31.3 Å². The largest absolute Gasteiger partial charge is 0.325 e. The number of rotatable bonds is 6. The molecule has 3 heterocycles. The first-order chi connectivity index (χ1) is 15.8. The summed E-state index contributed by atoms with van der Waals surface area (Å²) >= 11 is 7.14. The van der Waals surface area contributed by atoms with Gasteiger partial charge in [0.05, 0.1) is 16.8 Å². The molecule has 11 heteroatoms. The molecule has 0 bridgehead atoms. The van der Waals surface area contributed by atoms with Crippen molar-refractivity contribution < 1.29 is 13.2 Å². The van der Waals surface area contributed by atoms with Gasteiger partial charge in [0.15, 0.2) is 5.15 Å². The molecule has 2 N–H and O–H groups in total. The molecule has 0 saturated heterocycles. The fourth-order valence-electron chi connectivity index (χ4n) is 3.00. The quantitative estimate of drug-likeness (QED) is 0.237. The molecule has 4 rings (SSSR count). The minimum atomic E-state index is -0.721. The average Bonchev–Trinajstić information content (AvgIpc) is 2.77. The van der Waals surface area contributed by atoms with Crippen LogP contribution in [0.1, 0.15) is 11.4 Å². The van der Waals surface area contributed by atoms with E-state index in [0.29, 0.717) is 34.3 Å². The molecule has 3 aromatic heterocycles. The Bertz CT molecular complexity index is 1340. The summed E-state index contributed by atoms with van der Waals surface area (Å²) in [5.41, 5.74) is 1.66. The first-order valence-corrected chi connectivity index (χ1v) is 10.8. The van der Waals surface area contributed by atoms with E-state index in [1.54, 1.807) is 26.1 Å². The van der Waals surface area contributed by atoms with Crippen LogP contribution in [0.2, 0.25) is 5.15 Å². The zero-order valence-corrected chi connectivity index (χ0v) is 18.9. The lowest BCUT2D eigenvalue weighted by Crippen LogP contribution is -2.01. The fraction of sp³-hybridized carbons (Fsp3) is 0.0909. The number of halogens is 4. The van der Waals surface area contributed by atoms with Crippen molar-refractivity contribution in [3.8, 4) is 11.1 Å². The zero-order valence-electron chi connectivity index (χ0n) is 17.3. The van der Waals surface area contributed by atoms with E-state index in [1.807, 2.05) is 0 Å². The monoisotopic (exact) mass is 488 g/mol. The normalized spacial score (nSPS) is 10.8. The Labute approximate surface area is 196 Å². The number of hydrogen-bond donors (Lipinski definition) is 2. The zero-order chi connectivity index (χ0) is 23.5. The molecule has 0 unspecified atom stereocenters. The van der Waals surface area contributed by atoms with Gasteiger partial charge in [-0.2, -0.15) is 0 Å². The summed E-state index contributed by atoms with van der Waals surface area (Å²) < 4.78 is 44.8. The summed E-state index contributed by atoms with van der Waals surface area (Å²) in [6, 6.07) is 6.43. The van der Waals surface area contributed by atoms with E-state index in [1.165, 1.54) is 18.3 Å².